The summed E-state index contributed by atoms with van der Waals surface area (Å²) in [5.41, 5.74) is 5.52. The zero-order valence-corrected chi connectivity index (χ0v) is 14.8. The van der Waals surface area contributed by atoms with Crippen LogP contribution in [-0.4, -0.2) is 11.5 Å². The Labute approximate surface area is 124 Å². The Kier molecular flexibility index (Phi) is 9.16. The number of benzene rings is 1. The molecule has 1 aromatic carbocycles. The maximum atomic E-state index is 3.67. The molecular weight excluding hydrogens is 333 g/mol. The van der Waals surface area contributed by atoms with Crippen LogP contribution in [-0.2, 0) is 0 Å². The van der Waals surface area contributed by atoms with Gasteiger partial charge in [0, 0.05) is 0 Å². The number of allylic oxidation sites excluding steroid dienone is 1. The fourth-order valence-electron chi connectivity index (χ4n) is 1.38. The van der Waals surface area contributed by atoms with Crippen LogP contribution in [0.1, 0.15) is 38.3 Å². The molecule has 0 spiro atoms. The average molecular weight is 360 g/mol. The van der Waals surface area contributed by atoms with Gasteiger partial charge in [0.25, 0.3) is 0 Å². The Bertz CT molecular complexity index is 367. The van der Waals surface area contributed by atoms with E-state index < -0.39 is 0 Å². The summed E-state index contributed by atoms with van der Waals surface area (Å²) in [6.45, 7) is 15.6. The van der Waals surface area contributed by atoms with Crippen LogP contribution < -0.4 is 24.6 Å². The van der Waals surface area contributed by atoms with E-state index in [9.17, 15) is 0 Å². The van der Waals surface area contributed by atoms with Crippen LogP contribution in [0.25, 0.3) is 0 Å². The maximum absolute atomic E-state index is 3.67. The molecule has 0 atom stereocenters. The second-order valence-corrected chi connectivity index (χ2v) is 6.51. The molecule has 0 aliphatic carbocycles. The molecule has 0 saturated heterocycles. The van der Waals surface area contributed by atoms with Crippen molar-refractivity contribution in [2.45, 2.75) is 41.0 Å². The van der Waals surface area contributed by atoms with Gasteiger partial charge < -0.3 is 0 Å². The SMILES string of the molecule is C=C(C)CC.CCN([I-]C)c1cccc(C)c1C. The van der Waals surface area contributed by atoms with Crippen LogP contribution in [0.5, 0.6) is 0 Å². The fourth-order valence-corrected chi connectivity index (χ4v) is 3.10. The molecule has 0 bridgehead atoms. The molecule has 0 amide bonds. The van der Waals surface area contributed by atoms with Gasteiger partial charge in [-0.1, -0.05) is 12.5 Å². The fraction of sp³-hybridized carbons (Fsp3) is 0.500. The Morgan fingerprint density at radius 3 is 2.22 bits per heavy atom. The molecule has 0 aliphatic heterocycles. The van der Waals surface area contributed by atoms with E-state index in [1.165, 1.54) is 22.4 Å². The molecule has 0 aromatic heterocycles. The first-order valence-electron chi connectivity index (χ1n) is 6.45. The van der Waals surface area contributed by atoms with Crippen molar-refractivity contribution in [2.24, 2.45) is 0 Å². The second-order valence-electron chi connectivity index (χ2n) is 4.38. The third-order valence-electron chi connectivity index (χ3n) is 2.92. The molecule has 1 nitrogen and oxygen atoms in total. The first-order chi connectivity index (χ1) is 8.47. The summed E-state index contributed by atoms with van der Waals surface area (Å²) in [5.74, 6) is 0. The molecule has 1 rings (SSSR count). The van der Waals surface area contributed by atoms with Gasteiger partial charge in [-0.2, -0.15) is 0 Å². The van der Waals surface area contributed by atoms with Gasteiger partial charge in [-0.3, -0.25) is 0 Å². The van der Waals surface area contributed by atoms with Crippen LogP contribution in [0.2, 0.25) is 0 Å². The normalized spacial score (nSPS) is 9.67. The molecule has 18 heavy (non-hydrogen) atoms. The summed E-state index contributed by atoms with van der Waals surface area (Å²) in [6, 6.07) is 6.56. The molecular formula is C16H27IN-. The van der Waals surface area contributed by atoms with Crippen molar-refractivity contribution in [1.29, 1.82) is 0 Å². The summed E-state index contributed by atoms with van der Waals surface area (Å²) in [5, 5.41) is 0. The Morgan fingerprint density at radius 2 is 1.83 bits per heavy atom. The second kappa shape index (κ2) is 9.42. The van der Waals surface area contributed by atoms with Gasteiger partial charge >= 0.3 is 91.9 Å². The number of rotatable bonds is 4. The van der Waals surface area contributed by atoms with Crippen LogP contribution in [0.3, 0.4) is 0 Å². The first-order valence-corrected chi connectivity index (χ1v) is 9.57. The standard InChI is InChI=1S/C11H17IN.C5H10/c1-5-13(12-4)11-8-6-7-9(2)10(11)3;1-4-5(2)3/h6-8H,5H2,1-4H3;2,4H2,1,3H3/q-1;. The molecule has 0 saturated carbocycles. The van der Waals surface area contributed by atoms with Gasteiger partial charge in [0.1, 0.15) is 0 Å². The third kappa shape index (κ3) is 5.89. The van der Waals surface area contributed by atoms with E-state index in [-0.39, 0.29) is 21.5 Å². The minimum atomic E-state index is 0.167. The van der Waals surface area contributed by atoms with Gasteiger partial charge in [-0.05, 0) is 13.3 Å². The number of aryl methyl sites for hydroxylation is 1. The molecule has 2 heteroatoms. The van der Waals surface area contributed by atoms with Crippen LogP contribution >= 0.6 is 0 Å². The van der Waals surface area contributed by atoms with Crippen molar-refractivity contribution in [3.8, 4) is 0 Å². The van der Waals surface area contributed by atoms with Crippen molar-refractivity contribution in [3.05, 3.63) is 41.5 Å². The predicted molar refractivity (Wildman–Crippen MR) is 80.0 cm³/mol. The molecule has 0 aliphatic rings. The van der Waals surface area contributed by atoms with Crippen LogP contribution in [0.4, 0.5) is 5.69 Å². The Hall–Kier alpha value is -0.510. The van der Waals surface area contributed by atoms with Gasteiger partial charge in [-0.15, -0.1) is 6.58 Å². The van der Waals surface area contributed by atoms with Crippen molar-refractivity contribution < 1.29 is 21.5 Å². The topological polar surface area (TPSA) is 3.24 Å². The molecule has 1 aromatic rings. The van der Waals surface area contributed by atoms with E-state index in [0.29, 0.717) is 0 Å². The Balaban J connectivity index is 0.000000494. The van der Waals surface area contributed by atoms with Gasteiger partial charge in [0.05, 0.1) is 0 Å². The van der Waals surface area contributed by atoms with Crippen molar-refractivity contribution in [1.82, 2.24) is 0 Å². The zero-order chi connectivity index (χ0) is 14.1. The quantitative estimate of drug-likeness (QED) is 0.342. The number of anilines is 1. The molecule has 0 fully saturated rings. The number of hydrogen-bond acceptors (Lipinski definition) is 1. The van der Waals surface area contributed by atoms with Gasteiger partial charge in [0.15, 0.2) is 0 Å². The summed E-state index contributed by atoms with van der Waals surface area (Å²) in [7, 11) is 0. The summed E-state index contributed by atoms with van der Waals surface area (Å²) in [4.78, 5) is 2.31. The van der Waals surface area contributed by atoms with Gasteiger partial charge in [0.2, 0.25) is 0 Å². The van der Waals surface area contributed by atoms with E-state index in [1.807, 2.05) is 6.92 Å². The number of halogens is 1. The predicted octanol–water partition coefficient (Wildman–Crippen LogP) is 1.74. The third-order valence-corrected chi connectivity index (χ3v) is 5.29. The number of hydrogen-bond donors (Lipinski definition) is 0. The van der Waals surface area contributed by atoms with Crippen molar-refractivity contribution in [3.63, 3.8) is 0 Å². The first kappa shape index (κ1) is 17.5. The van der Waals surface area contributed by atoms with Gasteiger partial charge in [-0.25, -0.2) is 0 Å². The van der Waals surface area contributed by atoms with Crippen LogP contribution in [0.15, 0.2) is 30.4 Å². The molecule has 104 valence electrons. The van der Waals surface area contributed by atoms with Crippen LogP contribution in [0, 0.1) is 13.8 Å². The zero-order valence-electron chi connectivity index (χ0n) is 12.7. The Morgan fingerprint density at radius 1 is 1.28 bits per heavy atom. The van der Waals surface area contributed by atoms with E-state index in [2.05, 4.69) is 60.5 Å². The molecule has 0 radical (unpaired) electrons. The minimum absolute atomic E-state index is 0.167. The average Bonchev–Trinajstić information content (AvgIpc) is 2.36. The molecule has 0 unspecified atom stereocenters. The number of alkyl halides is 1. The van der Waals surface area contributed by atoms with E-state index in [0.717, 1.165) is 13.0 Å². The monoisotopic (exact) mass is 360 g/mol. The van der Waals surface area contributed by atoms with Crippen molar-refractivity contribution in [2.75, 3.05) is 14.6 Å². The van der Waals surface area contributed by atoms with E-state index in [1.54, 1.807) is 0 Å². The summed E-state index contributed by atoms with van der Waals surface area (Å²) < 4.78 is 2.50. The van der Waals surface area contributed by atoms with E-state index in [4.69, 9.17) is 0 Å². The number of nitrogens with zero attached hydrogens (tertiary/aromatic N) is 1. The van der Waals surface area contributed by atoms with Crippen molar-refractivity contribution >= 4 is 5.69 Å². The summed E-state index contributed by atoms with van der Waals surface area (Å²) >= 11 is 0.167. The molecule has 0 heterocycles. The molecule has 0 N–H and O–H groups in total. The van der Waals surface area contributed by atoms with E-state index >= 15 is 0 Å². The summed E-state index contributed by atoms with van der Waals surface area (Å²) in [6.07, 6.45) is 1.11.